The summed E-state index contributed by atoms with van der Waals surface area (Å²) in [4.78, 5) is 23.9. The molecule has 0 aliphatic heterocycles. The highest BCUT2D eigenvalue weighted by molar-refractivity contribution is 5.82. The predicted octanol–water partition coefficient (Wildman–Crippen LogP) is 2.48. The minimum Gasteiger partial charge on any atom is -0.481 e. The molecule has 2 rings (SSSR count). The van der Waals surface area contributed by atoms with E-state index in [4.69, 9.17) is 10.00 Å². The summed E-state index contributed by atoms with van der Waals surface area (Å²) in [6.07, 6.45) is 3.11. The van der Waals surface area contributed by atoms with E-state index in [0.29, 0.717) is 24.2 Å². The molecule has 24 heavy (non-hydrogen) atoms. The fourth-order valence-electron chi connectivity index (χ4n) is 3.00. The predicted molar refractivity (Wildman–Crippen MR) is 87.4 cm³/mol. The van der Waals surface area contributed by atoms with Gasteiger partial charge in [0.25, 0.3) is 5.91 Å². The van der Waals surface area contributed by atoms with Gasteiger partial charge in [0.2, 0.25) is 0 Å². The van der Waals surface area contributed by atoms with Gasteiger partial charge < -0.3 is 15.2 Å². The minimum atomic E-state index is -0.877. The third kappa shape index (κ3) is 4.05. The lowest BCUT2D eigenvalue weighted by molar-refractivity contribution is -0.151. The van der Waals surface area contributed by atoms with Crippen LogP contribution >= 0.6 is 0 Å². The molecule has 1 unspecified atom stereocenters. The van der Waals surface area contributed by atoms with Crippen molar-refractivity contribution in [1.82, 2.24) is 5.32 Å². The summed E-state index contributed by atoms with van der Waals surface area (Å²) in [6.45, 7) is 1.69. The average Bonchev–Trinajstić information content (AvgIpc) is 2.60. The fraction of sp³-hybridized carbons (Fsp3) is 0.500. The van der Waals surface area contributed by atoms with Gasteiger partial charge in [-0.25, -0.2) is 0 Å². The summed E-state index contributed by atoms with van der Waals surface area (Å²) in [5.74, 6) is -0.895. The van der Waals surface area contributed by atoms with Crippen molar-refractivity contribution >= 4 is 11.9 Å². The number of nitrogens with one attached hydrogen (secondary N) is 1. The number of carboxylic acid groups (broad SMARTS) is 1. The number of rotatable bonds is 6. The highest BCUT2D eigenvalue weighted by atomic mass is 16.5. The van der Waals surface area contributed by atoms with Crippen LogP contribution in [0.2, 0.25) is 0 Å². The Bertz CT molecular complexity index is 645. The van der Waals surface area contributed by atoms with Crippen LogP contribution in [-0.4, -0.2) is 29.6 Å². The molecular formula is C18H22N2O4. The molecule has 1 aliphatic carbocycles. The van der Waals surface area contributed by atoms with Crippen LogP contribution < -0.4 is 10.1 Å². The molecule has 1 amide bonds. The number of amides is 1. The van der Waals surface area contributed by atoms with Gasteiger partial charge in [-0.2, -0.15) is 5.26 Å². The maximum Gasteiger partial charge on any atom is 0.311 e. The number of carboxylic acids is 1. The minimum absolute atomic E-state index is 0.106. The molecule has 0 radical (unpaired) electrons. The van der Waals surface area contributed by atoms with E-state index >= 15 is 0 Å². The topological polar surface area (TPSA) is 99.4 Å². The average molecular weight is 330 g/mol. The molecule has 1 saturated carbocycles. The van der Waals surface area contributed by atoms with E-state index in [-0.39, 0.29) is 12.5 Å². The summed E-state index contributed by atoms with van der Waals surface area (Å²) >= 11 is 0. The molecule has 0 heterocycles. The van der Waals surface area contributed by atoms with E-state index in [1.807, 2.05) is 6.07 Å². The quantitative estimate of drug-likeness (QED) is 0.834. The zero-order valence-corrected chi connectivity index (χ0v) is 13.7. The van der Waals surface area contributed by atoms with Gasteiger partial charge in [-0.1, -0.05) is 31.4 Å². The standard InChI is InChI=1S/C18H22N2O4/c1-13(24-15-8-4-3-7-14(15)11-19)16(21)20-12-18(17(22)23)9-5-2-6-10-18/h3-4,7-8,13H,2,5-6,9-10,12H2,1H3,(H,20,21)(H,22,23). The largest absolute Gasteiger partial charge is 0.481 e. The van der Waals surface area contributed by atoms with E-state index in [1.165, 1.54) is 0 Å². The molecule has 0 aromatic heterocycles. The number of hydrogen-bond acceptors (Lipinski definition) is 4. The smallest absolute Gasteiger partial charge is 0.311 e. The normalized spacial score (nSPS) is 17.3. The van der Waals surface area contributed by atoms with Gasteiger partial charge >= 0.3 is 5.97 Å². The molecule has 1 fully saturated rings. The van der Waals surface area contributed by atoms with Crippen molar-refractivity contribution in [2.45, 2.75) is 45.1 Å². The maximum absolute atomic E-state index is 12.2. The molecule has 6 nitrogen and oxygen atoms in total. The molecule has 1 aromatic rings. The van der Waals surface area contributed by atoms with Crippen LogP contribution in [-0.2, 0) is 9.59 Å². The number of carbonyl (C=O) groups is 2. The van der Waals surface area contributed by atoms with Crippen LogP contribution in [0.4, 0.5) is 0 Å². The number of ether oxygens (including phenoxy) is 1. The molecule has 1 atom stereocenters. The van der Waals surface area contributed by atoms with Gasteiger partial charge in [0.05, 0.1) is 11.0 Å². The van der Waals surface area contributed by atoms with Crippen LogP contribution in [0.5, 0.6) is 5.75 Å². The highest BCUT2D eigenvalue weighted by Gasteiger charge is 2.40. The van der Waals surface area contributed by atoms with Crippen molar-refractivity contribution in [1.29, 1.82) is 5.26 Å². The number of aliphatic carboxylic acids is 1. The van der Waals surface area contributed by atoms with E-state index in [0.717, 1.165) is 19.3 Å². The number of nitriles is 1. The van der Waals surface area contributed by atoms with Gasteiger partial charge in [-0.15, -0.1) is 0 Å². The van der Waals surface area contributed by atoms with Gasteiger partial charge in [-0.3, -0.25) is 9.59 Å². The van der Waals surface area contributed by atoms with Crippen molar-refractivity contribution in [2.75, 3.05) is 6.54 Å². The van der Waals surface area contributed by atoms with E-state index in [2.05, 4.69) is 5.32 Å². The monoisotopic (exact) mass is 330 g/mol. The number of benzene rings is 1. The van der Waals surface area contributed by atoms with Crippen LogP contribution in [0.1, 0.15) is 44.6 Å². The Morgan fingerprint density at radius 1 is 1.33 bits per heavy atom. The summed E-state index contributed by atoms with van der Waals surface area (Å²) in [5, 5.41) is 21.3. The Labute approximate surface area is 141 Å². The molecular weight excluding hydrogens is 308 g/mol. The van der Waals surface area contributed by atoms with Crippen molar-refractivity contribution < 1.29 is 19.4 Å². The molecule has 0 spiro atoms. The molecule has 1 aliphatic rings. The van der Waals surface area contributed by atoms with Gasteiger partial charge in [-0.05, 0) is 31.9 Å². The second-order valence-corrected chi connectivity index (χ2v) is 6.23. The van der Waals surface area contributed by atoms with Crippen LogP contribution in [0.3, 0.4) is 0 Å². The maximum atomic E-state index is 12.2. The molecule has 1 aromatic carbocycles. The Kier molecular flexibility index (Phi) is 5.80. The Balaban J connectivity index is 1.96. The first-order valence-corrected chi connectivity index (χ1v) is 8.15. The second kappa shape index (κ2) is 7.82. The number of nitrogens with zero attached hydrogens (tertiary/aromatic N) is 1. The first-order valence-electron chi connectivity index (χ1n) is 8.15. The summed E-state index contributed by atoms with van der Waals surface area (Å²) in [7, 11) is 0. The Morgan fingerprint density at radius 3 is 2.62 bits per heavy atom. The lowest BCUT2D eigenvalue weighted by Crippen LogP contribution is -2.47. The highest BCUT2D eigenvalue weighted by Crippen LogP contribution is 2.36. The van der Waals surface area contributed by atoms with Gasteiger partial charge in [0.15, 0.2) is 6.10 Å². The van der Waals surface area contributed by atoms with Crippen LogP contribution in [0.25, 0.3) is 0 Å². The molecule has 0 bridgehead atoms. The van der Waals surface area contributed by atoms with Crippen LogP contribution in [0, 0.1) is 16.7 Å². The fourth-order valence-corrected chi connectivity index (χ4v) is 3.00. The Hall–Kier alpha value is -2.55. The summed E-state index contributed by atoms with van der Waals surface area (Å²) < 4.78 is 5.55. The van der Waals surface area contributed by atoms with E-state index < -0.39 is 17.5 Å². The molecule has 2 N–H and O–H groups in total. The zero-order chi connectivity index (χ0) is 17.6. The molecule has 128 valence electrons. The van der Waals surface area contributed by atoms with Gasteiger partial charge in [0, 0.05) is 6.54 Å². The van der Waals surface area contributed by atoms with Crippen LogP contribution in [0.15, 0.2) is 24.3 Å². The summed E-state index contributed by atoms with van der Waals surface area (Å²) in [6, 6.07) is 8.69. The van der Waals surface area contributed by atoms with Crippen molar-refractivity contribution in [3.05, 3.63) is 29.8 Å². The molecule has 0 saturated heterocycles. The Morgan fingerprint density at radius 2 is 2.00 bits per heavy atom. The van der Waals surface area contributed by atoms with Crippen molar-refractivity contribution in [2.24, 2.45) is 5.41 Å². The van der Waals surface area contributed by atoms with Crippen molar-refractivity contribution in [3.8, 4) is 11.8 Å². The van der Waals surface area contributed by atoms with E-state index in [9.17, 15) is 14.7 Å². The number of para-hydroxylation sites is 1. The van der Waals surface area contributed by atoms with Gasteiger partial charge in [0.1, 0.15) is 11.8 Å². The lowest BCUT2D eigenvalue weighted by atomic mass is 9.74. The van der Waals surface area contributed by atoms with E-state index in [1.54, 1.807) is 31.2 Å². The third-order valence-corrected chi connectivity index (χ3v) is 4.55. The molecule has 6 heteroatoms. The number of hydrogen-bond donors (Lipinski definition) is 2. The lowest BCUT2D eigenvalue weighted by Gasteiger charge is -2.33. The summed E-state index contributed by atoms with van der Waals surface area (Å²) in [5.41, 5.74) is -0.524. The SMILES string of the molecule is CC(Oc1ccccc1C#N)C(=O)NCC1(C(=O)O)CCCCC1. The third-order valence-electron chi connectivity index (χ3n) is 4.55. The number of carbonyl (C=O) groups excluding carboxylic acids is 1. The van der Waals surface area contributed by atoms with Crippen molar-refractivity contribution in [3.63, 3.8) is 0 Å². The first-order chi connectivity index (χ1) is 11.5. The first kappa shape index (κ1) is 17.8. The zero-order valence-electron chi connectivity index (χ0n) is 13.7. The second-order valence-electron chi connectivity index (χ2n) is 6.23.